The van der Waals surface area contributed by atoms with Gasteiger partial charge in [0, 0.05) is 24.3 Å². The van der Waals surface area contributed by atoms with Crippen molar-refractivity contribution >= 4 is 23.5 Å². The molecule has 2 saturated heterocycles. The molecule has 1 atom stereocenters. The summed E-state index contributed by atoms with van der Waals surface area (Å²) in [6.07, 6.45) is 1.82. The fourth-order valence-corrected chi connectivity index (χ4v) is 3.77. The first-order chi connectivity index (χ1) is 13.5. The lowest BCUT2D eigenvalue weighted by molar-refractivity contribution is -0.117. The maximum absolute atomic E-state index is 12.8. The van der Waals surface area contributed by atoms with E-state index in [9.17, 15) is 19.5 Å². The largest absolute Gasteiger partial charge is 0.508 e. The molecule has 4 amide bonds. The number of hydrogen-bond acceptors (Lipinski definition) is 4. The number of aromatic hydroxyl groups is 1. The van der Waals surface area contributed by atoms with Crippen LogP contribution < -0.4 is 10.2 Å². The van der Waals surface area contributed by atoms with E-state index in [0.29, 0.717) is 30.3 Å². The summed E-state index contributed by atoms with van der Waals surface area (Å²) in [4.78, 5) is 39.0. The van der Waals surface area contributed by atoms with Gasteiger partial charge in [-0.2, -0.15) is 0 Å². The molecule has 0 saturated carbocycles. The van der Waals surface area contributed by atoms with Crippen LogP contribution in [-0.2, 0) is 11.2 Å². The van der Waals surface area contributed by atoms with Gasteiger partial charge < -0.3 is 10.0 Å². The highest BCUT2D eigenvalue weighted by atomic mass is 16.3. The van der Waals surface area contributed by atoms with Crippen molar-refractivity contribution in [3.63, 3.8) is 0 Å². The molecule has 2 fully saturated rings. The van der Waals surface area contributed by atoms with Gasteiger partial charge in [0.05, 0.1) is 0 Å². The van der Waals surface area contributed by atoms with E-state index in [1.807, 2.05) is 17.0 Å². The van der Waals surface area contributed by atoms with Crippen molar-refractivity contribution in [1.29, 1.82) is 0 Å². The van der Waals surface area contributed by atoms with Gasteiger partial charge in [-0.25, -0.2) is 4.79 Å². The molecule has 0 aromatic heterocycles. The standard InChI is InChI=1S/C21H21N3O4/c25-18-7-1-14(2-8-18)11-15-9-10-23(12-15)20(27)16-3-5-17(6-4-16)24-13-19(26)22-21(24)28/h1-8,15,25H,9-13H2,(H,22,26,28). The summed E-state index contributed by atoms with van der Waals surface area (Å²) < 4.78 is 0. The highest BCUT2D eigenvalue weighted by Crippen LogP contribution is 2.24. The zero-order chi connectivity index (χ0) is 19.7. The zero-order valence-corrected chi connectivity index (χ0v) is 15.3. The third-order valence-corrected chi connectivity index (χ3v) is 5.25. The lowest BCUT2D eigenvalue weighted by atomic mass is 9.99. The molecule has 1 unspecified atom stereocenters. The van der Waals surface area contributed by atoms with Gasteiger partial charge in [-0.1, -0.05) is 12.1 Å². The number of phenolic OH excluding ortho intramolecular Hbond substituents is 1. The lowest BCUT2D eigenvalue weighted by Gasteiger charge is -2.18. The van der Waals surface area contributed by atoms with Crippen LogP contribution in [0.5, 0.6) is 5.75 Å². The first-order valence-electron chi connectivity index (χ1n) is 9.28. The van der Waals surface area contributed by atoms with Crippen molar-refractivity contribution in [2.24, 2.45) is 5.92 Å². The second-order valence-electron chi connectivity index (χ2n) is 7.26. The van der Waals surface area contributed by atoms with Crippen LogP contribution in [0.25, 0.3) is 0 Å². The van der Waals surface area contributed by atoms with Crippen molar-refractivity contribution in [3.8, 4) is 5.75 Å². The second-order valence-corrected chi connectivity index (χ2v) is 7.26. The Morgan fingerprint density at radius 1 is 1.07 bits per heavy atom. The van der Waals surface area contributed by atoms with E-state index in [0.717, 1.165) is 18.4 Å². The Labute approximate surface area is 162 Å². The van der Waals surface area contributed by atoms with Crippen LogP contribution in [0.1, 0.15) is 22.3 Å². The Hall–Kier alpha value is -3.35. The predicted octanol–water partition coefficient (Wildman–Crippen LogP) is 2.15. The molecule has 144 valence electrons. The van der Waals surface area contributed by atoms with Gasteiger partial charge in [0.1, 0.15) is 12.3 Å². The molecular weight excluding hydrogens is 358 g/mol. The summed E-state index contributed by atoms with van der Waals surface area (Å²) in [5.74, 6) is 0.293. The molecule has 4 rings (SSSR count). The molecule has 0 radical (unpaired) electrons. The molecule has 2 aromatic rings. The highest BCUT2D eigenvalue weighted by molar-refractivity contribution is 6.12. The summed E-state index contributed by atoms with van der Waals surface area (Å²) in [5.41, 5.74) is 2.31. The summed E-state index contributed by atoms with van der Waals surface area (Å²) in [7, 11) is 0. The van der Waals surface area contributed by atoms with E-state index < -0.39 is 6.03 Å². The third-order valence-electron chi connectivity index (χ3n) is 5.25. The molecule has 0 bridgehead atoms. The van der Waals surface area contributed by atoms with Gasteiger partial charge in [0.2, 0.25) is 5.91 Å². The molecule has 2 aliphatic heterocycles. The highest BCUT2D eigenvalue weighted by Gasteiger charge is 2.29. The number of benzene rings is 2. The molecule has 0 aliphatic carbocycles. The van der Waals surface area contributed by atoms with Crippen LogP contribution in [0.2, 0.25) is 0 Å². The van der Waals surface area contributed by atoms with E-state index in [4.69, 9.17) is 0 Å². The molecule has 7 heteroatoms. The molecule has 2 aromatic carbocycles. The fourth-order valence-electron chi connectivity index (χ4n) is 3.77. The number of imide groups is 1. The zero-order valence-electron chi connectivity index (χ0n) is 15.3. The molecule has 0 spiro atoms. The Morgan fingerprint density at radius 3 is 2.43 bits per heavy atom. The van der Waals surface area contributed by atoms with Gasteiger partial charge in [-0.05, 0) is 60.7 Å². The Morgan fingerprint density at radius 2 is 1.79 bits per heavy atom. The number of urea groups is 1. The SMILES string of the molecule is O=C1CN(c2ccc(C(=O)N3CCC(Cc4ccc(O)cc4)C3)cc2)C(=O)N1. The number of likely N-dealkylation sites (tertiary alicyclic amines) is 1. The van der Waals surface area contributed by atoms with Crippen LogP contribution in [0.3, 0.4) is 0 Å². The smallest absolute Gasteiger partial charge is 0.329 e. The van der Waals surface area contributed by atoms with Crippen LogP contribution in [0, 0.1) is 5.92 Å². The number of amides is 4. The van der Waals surface area contributed by atoms with Crippen molar-refractivity contribution in [2.75, 3.05) is 24.5 Å². The summed E-state index contributed by atoms with van der Waals surface area (Å²) >= 11 is 0. The molecule has 2 heterocycles. The summed E-state index contributed by atoms with van der Waals surface area (Å²) in [6, 6.07) is 13.5. The van der Waals surface area contributed by atoms with E-state index in [1.54, 1.807) is 36.4 Å². The fraction of sp³-hybridized carbons (Fsp3) is 0.286. The molecular formula is C21H21N3O4. The average molecular weight is 379 g/mol. The van der Waals surface area contributed by atoms with Crippen LogP contribution >= 0.6 is 0 Å². The van der Waals surface area contributed by atoms with Crippen molar-refractivity contribution in [2.45, 2.75) is 12.8 Å². The first kappa shape index (κ1) is 18.0. The minimum Gasteiger partial charge on any atom is -0.508 e. The van der Waals surface area contributed by atoms with E-state index in [2.05, 4.69) is 5.32 Å². The third kappa shape index (κ3) is 3.69. The number of nitrogens with one attached hydrogen (secondary N) is 1. The van der Waals surface area contributed by atoms with Crippen molar-refractivity contribution in [1.82, 2.24) is 10.2 Å². The maximum Gasteiger partial charge on any atom is 0.329 e. The summed E-state index contributed by atoms with van der Waals surface area (Å²) in [6.45, 7) is 1.41. The lowest BCUT2D eigenvalue weighted by Crippen LogP contribution is -2.29. The monoisotopic (exact) mass is 379 g/mol. The quantitative estimate of drug-likeness (QED) is 0.797. The number of carbonyl (C=O) groups excluding carboxylic acids is 3. The number of hydrogen-bond donors (Lipinski definition) is 2. The minimum absolute atomic E-state index is 0.00279. The average Bonchev–Trinajstić information content (AvgIpc) is 3.29. The first-order valence-corrected chi connectivity index (χ1v) is 9.28. The molecule has 7 nitrogen and oxygen atoms in total. The number of nitrogens with zero attached hydrogens (tertiary/aromatic N) is 2. The number of phenols is 1. The Kier molecular flexibility index (Phi) is 4.73. The van der Waals surface area contributed by atoms with E-state index in [-0.39, 0.29) is 24.1 Å². The predicted molar refractivity (Wildman–Crippen MR) is 103 cm³/mol. The maximum atomic E-state index is 12.8. The van der Waals surface area contributed by atoms with Crippen molar-refractivity contribution < 1.29 is 19.5 Å². The second kappa shape index (κ2) is 7.34. The number of carbonyl (C=O) groups is 3. The topological polar surface area (TPSA) is 90.0 Å². The normalized spacial score (nSPS) is 19.2. The summed E-state index contributed by atoms with van der Waals surface area (Å²) in [5, 5.41) is 11.6. The van der Waals surface area contributed by atoms with Gasteiger partial charge in [-0.15, -0.1) is 0 Å². The molecule has 2 N–H and O–H groups in total. The number of anilines is 1. The van der Waals surface area contributed by atoms with Crippen LogP contribution in [0.4, 0.5) is 10.5 Å². The Balaban J connectivity index is 1.37. The van der Waals surface area contributed by atoms with Crippen LogP contribution in [-0.4, -0.2) is 47.5 Å². The van der Waals surface area contributed by atoms with Gasteiger partial charge in [-0.3, -0.25) is 19.8 Å². The number of rotatable bonds is 4. The van der Waals surface area contributed by atoms with E-state index >= 15 is 0 Å². The van der Waals surface area contributed by atoms with Gasteiger partial charge in [0.25, 0.3) is 5.91 Å². The van der Waals surface area contributed by atoms with Crippen molar-refractivity contribution in [3.05, 3.63) is 59.7 Å². The van der Waals surface area contributed by atoms with Gasteiger partial charge in [0.15, 0.2) is 0 Å². The van der Waals surface area contributed by atoms with E-state index in [1.165, 1.54) is 4.90 Å². The minimum atomic E-state index is -0.444. The molecule has 28 heavy (non-hydrogen) atoms. The van der Waals surface area contributed by atoms with Gasteiger partial charge >= 0.3 is 6.03 Å². The molecule has 2 aliphatic rings. The van der Waals surface area contributed by atoms with Crippen LogP contribution in [0.15, 0.2) is 48.5 Å². The Bertz CT molecular complexity index is 908.